The molecule has 0 saturated carbocycles. The first kappa shape index (κ1) is 18.7. The molecular formula is C18H28N2OS2. The second kappa shape index (κ2) is 7.06. The Labute approximate surface area is 148 Å². The molecule has 0 aliphatic heterocycles. The average molecular weight is 353 g/mol. The Morgan fingerprint density at radius 3 is 2.70 bits per heavy atom. The highest BCUT2D eigenvalue weighted by Crippen LogP contribution is 2.53. The fourth-order valence-electron chi connectivity index (χ4n) is 2.72. The monoisotopic (exact) mass is 352 g/mol. The molecule has 1 unspecified atom stereocenters. The molecule has 0 fully saturated rings. The maximum Gasteiger partial charge on any atom is 0.0994 e. The van der Waals surface area contributed by atoms with Gasteiger partial charge in [-0.2, -0.15) is 5.26 Å². The molecule has 1 atom stereocenters. The largest absolute Gasteiger partial charge is 0.335 e. The molecule has 1 aliphatic rings. The Morgan fingerprint density at radius 1 is 1.39 bits per heavy atom. The van der Waals surface area contributed by atoms with Gasteiger partial charge < -0.3 is 4.18 Å². The maximum atomic E-state index is 9.23. The Kier molecular flexibility index (Phi) is 5.73. The summed E-state index contributed by atoms with van der Waals surface area (Å²) in [5.74, 6) is 0. The summed E-state index contributed by atoms with van der Waals surface area (Å²) in [4.78, 5) is 0. The van der Waals surface area contributed by atoms with Gasteiger partial charge in [0.1, 0.15) is 0 Å². The lowest BCUT2D eigenvalue weighted by Gasteiger charge is -2.44. The van der Waals surface area contributed by atoms with Gasteiger partial charge in [-0.15, -0.1) is 10.3 Å². The van der Waals surface area contributed by atoms with Crippen molar-refractivity contribution in [1.29, 1.82) is 5.26 Å². The van der Waals surface area contributed by atoms with Crippen LogP contribution in [0.3, 0.4) is 0 Å². The first-order valence-electron chi connectivity index (χ1n) is 8.02. The number of fused-ring (bicyclic) bond motifs is 1. The number of nitrogens with zero attached hydrogens (tertiary/aromatic N) is 2. The zero-order valence-corrected chi connectivity index (χ0v) is 16.5. The zero-order chi connectivity index (χ0) is 17.3. The summed E-state index contributed by atoms with van der Waals surface area (Å²) < 4.78 is 8.45. The van der Waals surface area contributed by atoms with Crippen LogP contribution in [0.15, 0.2) is 18.2 Å². The third kappa shape index (κ3) is 4.06. The fourth-order valence-corrected chi connectivity index (χ4v) is 3.88. The van der Waals surface area contributed by atoms with Crippen LogP contribution in [0.2, 0.25) is 0 Å². The highest BCUT2D eigenvalue weighted by atomic mass is 32.3. The molecule has 0 aromatic heterocycles. The third-order valence-corrected chi connectivity index (χ3v) is 9.08. The molecule has 128 valence electrons. The summed E-state index contributed by atoms with van der Waals surface area (Å²) in [5.41, 5.74) is 3.25. The summed E-state index contributed by atoms with van der Waals surface area (Å²) in [5, 5.41) is 9.23. The number of benzene rings is 1. The van der Waals surface area contributed by atoms with E-state index < -0.39 is 10.3 Å². The molecule has 1 aromatic carbocycles. The summed E-state index contributed by atoms with van der Waals surface area (Å²) in [6.07, 6.45) is 6.42. The van der Waals surface area contributed by atoms with E-state index in [0.717, 1.165) is 24.9 Å². The van der Waals surface area contributed by atoms with Crippen LogP contribution in [0.25, 0.3) is 0 Å². The summed E-state index contributed by atoms with van der Waals surface area (Å²) in [6, 6.07) is 8.58. The number of hydrogen-bond acceptors (Lipinski definition) is 4. The van der Waals surface area contributed by atoms with Gasteiger partial charge in [0.2, 0.25) is 0 Å². The van der Waals surface area contributed by atoms with Crippen LogP contribution < -0.4 is 0 Å². The van der Waals surface area contributed by atoms with Crippen molar-refractivity contribution >= 4 is 23.1 Å². The van der Waals surface area contributed by atoms with E-state index in [1.165, 1.54) is 11.1 Å². The van der Waals surface area contributed by atoms with Gasteiger partial charge in [-0.1, -0.05) is 45.7 Å². The molecule has 3 nitrogen and oxygen atoms in total. The van der Waals surface area contributed by atoms with Crippen molar-refractivity contribution in [1.82, 2.24) is 4.31 Å². The Hall–Kier alpha value is -0.670. The predicted octanol–water partition coefficient (Wildman–Crippen LogP) is 4.49. The van der Waals surface area contributed by atoms with Crippen molar-refractivity contribution in [2.24, 2.45) is 0 Å². The van der Waals surface area contributed by atoms with Crippen LogP contribution in [0.5, 0.6) is 0 Å². The van der Waals surface area contributed by atoms with Crippen molar-refractivity contribution in [3.8, 4) is 6.07 Å². The average Bonchev–Trinajstić information content (AvgIpc) is 2.89. The molecule has 0 bridgehead atoms. The third-order valence-electron chi connectivity index (χ3n) is 4.89. The van der Waals surface area contributed by atoms with Crippen LogP contribution in [0.1, 0.15) is 49.9 Å². The Balaban J connectivity index is 1.97. The van der Waals surface area contributed by atoms with Crippen molar-refractivity contribution < 1.29 is 4.18 Å². The van der Waals surface area contributed by atoms with Crippen LogP contribution >= 0.6 is 23.1 Å². The quantitative estimate of drug-likeness (QED) is 0.793. The normalized spacial score (nSPS) is 18.8. The number of hydrogen-bond donors (Lipinski definition) is 1. The van der Waals surface area contributed by atoms with Crippen molar-refractivity contribution in [3.05, 3.63) is 34.9 Å². The Morgan fingerprint density at radius 2 is 2.09 bits per heavy atom. The van der Waals surface area contributed by atoms with Crippen LogP contribution in [-0.4, -0.2) is 34.7 Å². The second-order valence-electron chi connectivity index (χ2n) is 7.37. The molecule has 0 N–H and O–H groups in total. The van der Waals surface area contributed by atoms with Gasteiger partial charge in [-0.05, 0) is 42.5 Å². The standard InChI is InChI=1S/C18H28N2OS2/c1-18(2,3)23(4,5)21-12-11-20(22)17-10-9-15-14(13-19)7-6-8-16(15)17/h6-8,17,22H,9-12H2,1-5H3. The summed E-state index contributed by atoms with van der Waals surface area (Å²) >= 11 is 4.70. The number of rotatable bonds is 5. The van der Waals surface area contributed by atoms with Gasteiger partial charge in [0, 0.05) is 17.3 Å². The zero-order valence-electron chi connectivity index (χ0n) is 14.8. The van der Waals surface area contributed by atoms with Crippen LogP contribution in [0.4, 0.5) is 0 Å². The summed E-state index contributed by atoms with van der Waals surface area (Å²) in [6.45, 7) is 8.18. The lowest BCUT2D eigenvalue weighted by Crippen LogP contribution is -2.28. The maximum absolute atomic E-state index is 9.23. The molecule has 1 aromatic rings. The van der Waals surface area contributed by atoms with E-state index in [0.29, 0.717) is 6.61 Å². The van der Waals surface area contributed by atoms with Gasteiger partial charge >= 0.3 is 0 Å². The predicted molar refractivity (Wildman–Crippen MR) is 103 cm³/mol. The second-order valence-corrected chi connectivity index (χ2v) is 11.8. The molecule has 0 heterocycles. The molecule has 0 saturated heterocycles. The molecule has 23 heavy (non-hydrogen) atoms. The van der Waals surface area contributed by atoms with E-state index in [4.69, 9.17) is 17.0 Å². The smallest absolute Gasteiger partial charge is 0.0994 e. The van der Waals surface area contributed by atoms with Crippen LogP contribution in [0, 0.1) is 11.3 Å². The molecule has 5 heteroatoms. The number of nitriles is 1. The summed E-state index contributed by atoms with van der Waals surface area (Å²) in [7, 11) is -1.09. The van der Waals surface area contributed by atoms with Crippen molar-refractivity contribution in [2.75, 3.05) is 25.7 Å². The van der Waals surface area contributed by atoms with E-state index >= 15 is 0 Å². The van der Waals surface area contributed by atoms with Crippen molar-refractivity contribution in [3.63, 3.8) is 0 Å². The number of thiol groups is 1. The minimum Gasteiger partial charge on any atom is -0.335 e. The van der Waals surface area contributed by atoms with Crippen molar-refractivity contribution in [2.45, 2.75) is 44.4 Å². The highest BCUT2D eigenvalue weighted by Gasteiger charge is 2.30. The molecule has 0 spiro atoms. The lowest BCUT2D eigenvalue weighted by molar-refractivity contribution is 0.272. The topological polar surface area (TPSA) is 36.3 Å². The van der Waals surface area contributed by atoms with E-state index in [1.807, 2.05) is 12.1 Å². The molecule has 1 aliphatic carbocycles. The first-order chi connectivity index (χ1) is 10.7. The molecule has 0 radical (unpaired) electrons. The van der Waals surface area contributed by atoms with E-state index in [2.05, 4.69) is 49.7 Å². The van der Waals surface area contributed by atoms with E-state index in [1.54, 1.807) is 0 Å². The van der Waals surface area contributed by atoms with Gasteiger partial charge in [0.25, 0.3) is 0 Å². The van der Waals surface area contributed by atoms with Gasteiger partial charge in [0.05, 0.1) is 18.2 Å². The van der Waals surface area contributed by atoms with E-state index in [9.17, 15) is 5.26 Å². The van der Waals surface area contributed by atoms with Gasteiger partial charge in [-0.25, -0.2) is 4.31 Å². The molecular weight excluding hydrogens is 324 g/mol. The Bertz CT molecular complexity index is 602. The van der Waals surface area contributed by atoms with Gasteiger partial charge in [0.15, 0.2) is 0 Å². The SMILES string of the molecule is CC(C)(C)S(C)(C)OCCN(S)C1CCc2c(C#N)cccc21. The minimum absolute atomic E-state index is 0.177. The van der Waals surface area contributed by atoms with Gasteiger partial charge in [-0.3, -0.25) is 0 Å². The molecule has 2 rings (SSSR count). The molecule has 0 amide bonds. The fraction of sp³-hybridized carbons (Fsp3) is 0.611. The minimum atomic E-state index is -1.09. The lowest BCUT2D eigenvalue weighted by atomic mass is 10.0. The highest BCUT2D eigenvalue weighted by molar-refractivity contribution is 8.29. The van der Waals surface area contributed by atoms with E-state index in [-0.39, 0.29) is 10.8 Å². The van der Waals surface area contributed by atoms with Crippen LogP contribution in [-0.2, 0) is 10.6 Å². The first-order valence-corrected chi connectivity index (χ1v) is 10.8.